The molecule has 0 saturated carbocycles. The Morgan fingerprint density at radius 2 is 2.10 bits per heavy atom. The van der Waals surface area contributed by atoms with Crippen molar-refractivity contribution in [2.24, 2.45) is 4.99 Å². The molecule has 0 aliphatic carbocycles. The normalized spacial score (nSPS) is 11.3. The van der Waals surface area contributed by atoms with Crippen LogP contribution in [0.25, 0.3) is 0 Å². The Morgan fingerprint density at radius 1 is 1.30 bits per heavy atom. The highest BCUT2D eigenvalue weighted by Gasteiger charge is 2.05. The fraction of sp³-hybridized carbons (Fsp3) is 0.533. The molecule has 1 aromatic rings. The number of hydrogen-bond acceptors (Lipinski definition) is 3. The summed E-state index contributed by atoms with van der Waals surface area (Å²) >= 11 is 0. The van der Waals surface area contributed by atoms with Crippen LogP contribution in [-0.2, 0) is 11.3 Å². The fourth-order valence-corrected chi connectivity index (χ4v) is 1.76. The SMILES string of the molecule is CCOCCOc1cc(C)ccc1CNC(=NC)NC. The molecule has 1 aromatic carbocycles. The molecule has 0 heterocycles. The van der Waals surface area contributed by atoms with Crippen molar-refractivity contribution in [2.75, 3.05) is 33.9 Å². The maximum Gasteiger partial charge on any atom is 0.190 e. The molecule has 5 heteroatoms. The number of aliphatic imine (C=N–C) groups is 1. The molecule has 0 aliphatic rings. The zero-order valence-electron chi connectivity index (χ0n) is 12.8. The average Bonchev–Trinajstić information content (AvgIpc) is 2.46. The number of nitrogens with zero attached hydrogens (tertiary/aromatic N) is 1. The third-order valence-corrected chi connectivity index (χ3v) is 2.82. The van der Waals surface area contributed by atoms with E-state index < -0.39 is 0 Å². The standard InChI is InChI=1S/C15H25N3O2/c1-5-19-8-9-20-14-10-12(2)6-7-13(14)11-18-15(16-3)17-4/h6-7,10H,5,8-9,11H2,1-4H3,(H2,16,17,18). The Balaban J connectivity index is 2.64. The second-order valence-corrected chi connectivity index (χ2v) is 4.33. The molecule has 0 fully saturated rings. The van der Waals surface area contributed by atoms with Gasteiger partial charge in [-0.25, -0.2) is 0 Å². The van der Waals surface area contributed by atoms with Gasteiger partial charge in [0.2, 0.25) is 0 Å². The van der Waals surface area contributed by atoms with Gasteiger partial charge in [-0.1, -0.05) is 12.1 Å². The molecule has 0 aromatic heterocycles. The van der Waals surface area contributed by atoms with Crippen LogP contribution < -0.4 is 15.4 Å². The van der Waals surface area contributed by atoms with E-state index in [1.807, 2.05) is 20.0 Å². The minimum Gasteiger partial charge on any atom is -0.491 e. The molecule has 0 radical (unpaired) electrons. The van der Waals surface area contributed by atoms with Crippen LogP contribution in [0.5, 0.6) is 5.75 Å². The van der Waals surface area contributed by atoms with E-state index in [-0.39, 0.29) is 0 Å². The zero-order chi connectivity index (χ0) is 14.8. The molecule has 0 bridgehead atoms. The van der Waals surface area contributed by atoms with Crippen molar-refractivity contribution in [3.05, 3.63) is 29.3 Å². The summed E-state index contributed by atoms with van der Waals surface area (Å²) in [6.45, 7) is 6.58. The van der Waals surface area contributed by atoms with E-state index in [0.717, 1.165) is 17.3 Å². The second-order valence-electron chi connectivity index (χ2n) is 4.33. The quantitative estimate of drug-likeness (QED) is 0.453. The first kappa shape index (κ1) is 16.3. The van der Waals surface area contributed by atoms with Gasteiger partial charge in [-0.15, -0.1) is 0 Å². The Morgan fingerprint density at radius 3 is 2.75 bits per heavy atom. The number of ether oxygens (including phenoxy) is 2. The Hall–Kier alpha value is -1.75. The highest BCUT2D eigenvalue weighted by atomic mass is 16.5. The largest absolute Gasteiger partial charge is 0.491 e. The summed E-state index contributed by atoms with van der Waals surface area (Å²) in [6, 6.07) is 6.20. The molecular formula is C15H25N3O2. The summed E-state index contributed by atoms with van der Waals surface area (Å²) in [6.07, 6.45) is 0. The second kappa shape index (κ2) is 9.20. The van der Waals surface area contributed by atoms with Crippen molar-refractivity contribution >= 4 is 5.96 Å². The summed E-state index contributed by atoms with van der Waals surface area (Å²) in [5.41, 5.74) is 2.28. The van der Waals surface area contributed by atoms with Gasteiger partial charge in [-0.05, 0) is 25.5 Å². The zero-order valence-corrected chi connectivity index (χ0v) is 12.8. The van der Waals surface area contributed by atoms with Crippen molar-refractivity contribution in [3.8, 4) is 5.75 Å². The van der Waals surface area contributed by atoms with Crippen molar-refractivity contribution < 1.29 is 9.47 Å². The molecule has 20 heavy (non-hydrogen) atoms. The monoisotopic (exact) mass is 279 g/mol. The molecule has 0 amide bonds. The van der Waals surface area contributed by atoms with Crippen LogP contribution in [-0.4, -0.2) is 39.9 Å². The van der Waals surface area contributed by atoms with Crippen molar-refractivity contribution in [3.63, 3.8) is 0 Å². The van der Waals surface area contributed by atoms with Crippen molar-refractivity contribution in [1.82, 2.24) is 10.6 Å². The van der Waals surface area contributed by atoms with Crippen LogP contribution in [0.15, 0.2) is 23.2 Å². The first-order valence-electron chi connectivity index (χ1n) is 6.89. The maximum absolute atomic E-state index is 5.79. The van der Waals surface area contributed by atoms with E-state index in [2.05, 4.69) is 34.7 Å². The van der Waals surface area contributed by atoms with E-state index in [4.69, 9.17) is 9.47 Å². The molecule has 0 spiro atoms. The number of rotatable bonds is 7. The van der Waals surface area contributed by atoms with E-state index in [1.165, 1.54) is 5.56 Å². The van der Waals surface area contributed by atoms with Gasteiger partial charge in [-0.3, -0.25) is 4.99 Å². The lowest BCUT2D eigenvalue weighted by molar-refractivity contribution is 0.110. The van der Waals surface area contributed by atoms with Gasteiger partial charge < -0.3 is 20.1 Å². The third kappa shape index (κ3) is 5.48. The Kier molecular flexibility index (Phi) is 7.50. The summed E-state index contributed by atoms with van der Waals surface area (Å²) in [7, 11) is 3.58. The van der Waals surface area contributed by atoms with E-state index in [9.17, 15) is 0 Å². The van der Waals surface area contributed by atoms with Gasteiger partial charge in [-0.2, -0.15) is 0 Å². The number of nitrogens with one attached hydrogen (secondary N) is 2. The van der Waals surface area contributed by atoms with Gasteiger partial charge >= 0.3 is 0 Å². The van der Waals surface area contributed by atoms with Crippen molar-refractivity contribution in [1.29, 1.82) is 0 Å². The molecule has 0 atom stereocenters. The van der Waals surface area contributed by atoms with Crippen LogP contribution in [0, 0.1) is 6.92 Å². The highest BCUT2D eigenvalue weighted by Crippen LogP contribution is 2.20. The van der Waals surface area contributed by atoms with Crippen molar-refractivity contribution in [2.45, 2.75) is 20.4 Å². The summed E-state index contributed by atoms with van der Waals surface area (Å²) in [4.78, 5) is 4.09. The van der Waals surface area contributed by atoms with Crippen LogP contribution in [0.4, 0.5) is 0 Å². The third-order valence-electron chi connectivity index (χ3n) is 2.82. The molecule has 1 rings (SSSR count). The Bertz CT molecular complexity index is 433. The maximum atomic E-state index is 5.79. The number of benzene rings is 1. The molecule has 5 nitrogen and oxygen atoms in total. The number of hydrogen-bond donors (Lipinski definition) is 2. The van der Waals surface area contributed by atoms with Crippen LogP contribution >= 0.6 is 0 Å². The summed E-state index contributed by atoms with van der Waals surface area (Å²) < 4.78 is 11.1. The molecule has 2 N–H and O–H groups in total. The molecule has 0 saturated heterocycles. The van der Waals surface area contributed by atoms with Crippen LogP contribution in [0.2, 0.25) is 0 Å². The van der Waals surface area contributed by atoms with Crippen LogP contribution in [0.1, 0.15) is 18.1 Å². The molecule has 0 unspecified atom stereocenters. The Labute approximate surface area is 121 Å². The lowest BCUT2D eigenvalue weighted by Crippen LogP contribution is -2.34. The van der Waals surface area contributed by atoms with Gasteiger partial charge in [0.25, 0.3) is 0 Å². The molecule has 0 aliphatic heterocycles. The summed E-state index contributed by atoms with van der Waals surface area (Å²) in [5.74, 6) is 1.65. The van der Waals surface area contributed by atoms with Gasteiger partial charge in [0, 0.05) is 32.8 Å². The summed E-state index contributed by atoms with van der Waals surface area (Å²) in [5, 5.41) is 6.22. The van der Waals surface area contributed by atoms with Gasteiger partial charge in [0.1, 0.15) is 12.4 Å². The first-order valence-corrected chi connectivity index (χ1v) is 6.89. The first-order chi connectivity index (χ1) is 9.71. The van der Waals surface area contributed by atoms with E-state index in [1.54, 1.807) is 7.05 Å². The topological polar surface area (TPSA) is 54.9 Å². The average molecular weight is 279 g/mol. The fourth-order valence-electron chi connectivity index (χ4n) is 1.76. The predicted octanol–water partition coefficient (Wildman–Crippen LogP) is 1.71. The number of aryl methyl sites for hydroxylation is 1. The minimum atomic E-state index is 0.561. The number of guanidine groups is 1. The van der Waals surface area contributed by atoms with E-state index in [0.29, 0.717) is 26.4 Å². The highest BCUT2D eigenvalue weighted by molar-refractivity contribution is 5.79. The molecule has 112 valence electrons. The minimum absolute atomic E-state index is 0.561. The lowest BCUT2D eigenvalue weighted by atomic mass is 10.1. The van der Waals surface area contributed by atoms with Gasteiger partial charge in [0.05, 0.1) is 6.61 Å². The van der Waals surface area contributed by atoms with Crippen LogP contribution in [0.3, 0.4) is 0 Å². The molecular weight excluding hydrogens is 254 g/mol. The smallest absolute Gasteiger partial charge is 0.190 e. The van der Waals surface area contributed by atoms with Gasteiger partial charge in [0.15, 0.2) is 5.96 Å². The van der Waals surface area contributed by atoms with E-state index >= 15 is 0 Å². The lowest BCUT2D eigenvalue weighted by Gasteiger charge is -2.14. The predicted molar refractivity (Wildman–Crippen MR) is 82.4 cm³/mol.